The third-order valence-corrected chi connectivity index (χ3v) is 5.76. The van der Waals surface area contributed by atoms with Gasteiger partial charge in [0.1, 0.15) is 0 Å². The molecular formula is C27H35N5O2. The van der Waals surface area contributed by atoms with E-state index in [1.54, 1.807) is 24.3 Å². The Labute approximate surface area is 202 Å². The zero-order valence-corrected chi connectivity index (χ0v) is 21.3. The number of unbranched alkanes of at least 4 members (excludes halogenated alkanes) is 1. The van der Waals surface area contributed by atoms with Crippen LogP contribution in [0.3, 0.4) is 0 Å². The summed E-state index contributed by atoms with van der Waals surface area (Å²) in [5.74, 6) is -0.994. The normalized spacial score (nSPS) is 12.0. The van der Waals surface area contributed by atoms with E-state index in [2.05, 4.69) is 63.9 Å². The number of hydrogen-bond acceptors (Lipinski definition) is 5. The first-order chi connectivity index (χ1) is 15.9. The number of amides is 2. The third kappa shape index (κ3) is 5.76. The molecule has 0 spiro atoms. The molecule has 34 heavy (non-hydrogen) atoms. The average Bonchev–Trinajstić information content (AvgIpc) is 3.25. The third-order valence-electron chi connectivity index (χ3n) is 5.76. The topological polar surface area (TPSA) is 81.0 Å². The van der Waals surface area contributed by atoms with Crippen LogP contribution in [0.5, 0.6) is 0 Å². The molecule has 0 bridgehead atoms. The molecule has 0 saturated carbocycles. The number of aryl methyl sites for hydroxylation is 1. The van der Waals surface area contributed by atoms with Crippen LogP contribution in [0.15, 0.2) is 48.5 Å². The zero-order chi connectivity index (χ0) is 25.1. The molecule has 0 N–H and O–H groups in total. The van der Waals surface area contributed by atoms with Gasteiger partial charge in [-0.25, -0.2) is 4.90 Å². The van der Waals surface area contributed by atoms with Crippen molar-refractivity contribution in [1.82, 2.24) is 20.2 Å². The Kier molecular flexibility index (Phi) is 7.34. The first kappa shape index (κ1) is 25.3. The Bertz CT molecular complexity index is 1060. The van der Waals surface area contributed by atoms with Gasteiger partial charge in [-0.2, -0.15) is 4.80 Å². The van der Waals surface area contributed by atoms with Crippen LogP contribution in [0, 0.1) is 0 Å². The molecule has 0 radical (unpaired) electrons. The number of nitrogens with zero attached hydrogens (tertiary/aromatic N) is 5. The zero-order valence-electron chi connectivity index (χ0n) is 21.3. The van der Waals surface area contributed by atoms with Crippen LogP contribution in [0.2, 0.25) is 0 Å². The van der Waals surface area contributed by atoms with Gasteiger partial charge in [-0.3, -0.25) is 9.59 Å². The molecule has 1 aromatic heterocycles. The van der Waals surface area contributed by atoms with E-state index in [1.165, 1.54) is 4.80 Å². The van der Waals surface area contributed by atoms with Crippen molar-refractivity contribution in [2.45, 2.75) is 78.7 Å². The minimum Gasteiger partial charge on any atom is -0.268 e. The smallest absolute Gasteiger partial charge is 0.268 e. The lowest BCUT2D eigenvalue weighted by Crippen LogP contribution is -2.38. The highest BCUT2D eigenvalue weighted by atomic mass is 16.2. The molecule has 180 valence electrons. The number of anilines is 1. The Balaban J connectivity index is 1.99. The molecule has 0 fully saturated rings. The van der Waals surface area contributed by atoms with Gasteiger partial charge in [0, 0.05) is 11.1 Å². The van der Waals surface area contributed by atoms with E-state index in [9.17, 15) is 9.59 Å². The summed E-state index contributed by atoms with van der Waals surface area (Å²) in [4.78, 5) is 29.6. The molecule has 2 amide bonds. The number of carbonyl (C=O) groups excluding carboxylic acids is 2. The summed E-state index contributed by atoms with van der Waals surface area (Å²) < 4.78 is 0. The summed E-state index contributed by atoms with van der Waals surface area (Å²) in [5, 5.41) is 12.4. The summed E-state index contributed by atoms with van der Waals surface area (Å²) >= 11 is 0. The molecule has 0 aliphatic carbocycles. The van der Waals surface area contributed by atoms with Crippen molar-refractivity contribution in [3.8, 4) is 0 Å². The molecule has 1 heterocycles. The van der Waals surface area contributed by atoms with Gasteiger partial charge in [0.25, 0.3) is 17.8 Å². The van der Waals surface area contributed by atoms with Crippen molar-refractivity contribution in [2.75, 3.05) is 4.90 Å². The van der Waals surface area contributed by atoms with Crippen LogP contribution in [0.1, 0.15) is 93.2 Å². The quantitative estimate of drug-likeness (QED) is 0.449. The summed E-state index contributed by atoms with van der Waals surface area (Å²) in [6.45, 7) is 15.3. The largest absolute Gasteiger partial charge is 0.280 e. The van der Waals surface area contributed by atoms with Crippen LogP contribution in [-0.2, 0) is 17.4 Å². The average molecular weight is 462 g/mol. The van der Waals surface area contributed by atoms with Crippen molar-refractivity contribution >= 4 is 17.8 Å². The number of hydrogen-bond donors (Lipinski definition) is 0. The van der Waals surface area contributed by atoms with E-state index in [0.29, 0.717) is 17.7 Å². The molecule has 0 atom stereocenters. The second-order valence-corrected chi connectivity index (χ2v) is 10.6. The molecule has 3 rings (SSSR count). The monoisotopic (exact) mass is 461 g/mol. The first-order valence-electron chi connectivity index (χ1n) is 11.8. The van der Waals surface area contributed by atoms with Crippen molar-refractivity contribution in [3.05, 3.63) is 70.8 Å². The second-order valence-electron chi connectivity index (χ2n) is 10.6. The molecule has 0 aliphatic heterocycles. The molecule has 0 aliphatic rings. The second kappa shape index (κ2) is 9.87. The predicted octanol–water partition coefficient (Wildman–Crippen LogP) is 5.56. The molecule has 0 unspecified atom stereocenters. The van der Waals surface area contributed by atoms with Gasteiger partial charge in [0.2, 0.25) is 0 Å². The van der Waals surface area contributed by atoms with Gasteiger partial charge in [-0.05, 0) is 57.9 Å². The fraction of sp³-hybridized carbons (Fsp3) is 0.444. The fourth-order valence-corrected chi connectivity index (χ4v) is 3.48. The summed E-state index contributed by atoms with van der Waals surface area (Å²) in [6, 6.07) is 14.6. The Morgan fingerprint density at radius 2 is 1.24 bits per heavy atom. The van der Waals surface area contributed by atoms with Crippen molar-refractivity contribution in [2.24, 2.45) is 0 Å². The van der Waals surface area contributed by atoms with E-state index < -0.39 is 11.8 Å². The number of tetrazole rings is 1. The van der Waals surface area contributed by atoms with Crippen LogP contribution in [-0.4, -0.2) is 32.0 Å². The minimum absolute atomic E-state index is 0.0223. The fourth-order valence-electron chi connectivity index (χ4n) is 3.48. The van der Waals surface area contributed by atoms with E-state index >= 15 is 0 Å². The standard InChI is InChI=1S/C27H35N5O2/c1-8-9-18-31-29-25(28-30-31)32(23(33)19-10-14-21(15-11-19)26(2,3)4)24(34)20-12-16-22(17-13-20)27(5,6)7/h10-17H,8-9,18H2,1-7H3. The Hall–Kier alpha value is -3.35. The lowest BCUT2D eigenvalue weighted by molar-refractivity contribution is 0.0895. The number of imide groups is 1. The molecule has 7 nitrogen and oxygen atoms in total. The maximum Gasteiger partial charge on any atom is 0.280 e. The van der Waals surface area contributed by atoms with Gasteiger partial charge in [0.05, 0.1) is 6.54 Å². The number of benzene rings is 2. The van der Waals surface area contributed by atoms with Crippen molar-refractivity contribution in [1.29, 1.82) is 0 Å². The molecule has 0 saturated heterocycles. The molecule has 3 aromatic rings. The van der Waals surface area contributed by atoms with Gasteiger partial charge < -0.3 is 0 Å². The highest BCUT2D eigenvalue weighted by Crippen LogP contribution is 2.25. The SMILES string of the molecule is CCCCn1nnc(N(C(=O)c2ccc(C(C)(C)C)cc2)C(=O)c2ccc(C(C)(C)C)cc2)n1. The van der Waals surface area contributed by atoms with E-state index in [1.807, 2.05) is 24.3 Å². The van der Waals surface area contributed by atoms with E-state index in [4.69, 9.17) is 0 Å². The summed E-state index contributed by atoms with van der Waals surface area (Å²) in [5.41, 5.74) is 2.88. The van der Waals surface area contributed by atoms with E-state index in [0.717, 1.165) is 28.9 Å². The number of aromatic nitrogens is 4. The van der Waals surface area contributed by atoms with Gasteiger partial charge in [0.15, 0.2) is 0 Å². The Morgan fingerprint density at radius 1 is 0.794 bits per heavy atom. The lowest BCUT2D eigenvalue weighted by atomic mass is 9.86. The highest BCUT2D eigenvalue weighted by molar-refractivity contribution is 6.24. The van der Waals surface area contributed by atoms with Crippen LogP contribution in [0.25, 0.3) is 0 Å². The van der Waals surface area contributed by atoms with Crippen molar-refractivity contribution < 1.29 is 9.59 Å². The van der Waals surface area contributed by atoms with Gasteiger partial charge in [-0.15, -0.1) is 5.10 Å². The summed E-state index contributed by atoms with van der Waals surface area (Å²) in [7, 11) is 0. The minimum atomic E-state index is -0.486. The van der Waals surface area contributed by atoms with Crippen LogP contribution < -0.4 is 4.90 Å². The van der Waals surface area contributed by atoms with Crippen LogP contribution in [0.4, 0.5) is 5.95 Å². The number of rotatable bonds is 6. The molecular weight excluding hydrogens is 426 g/mol. The Morgan fingerprint density at radius 3 is 1.62 bits per heavy atom. The maximum atomic E-state index is 13.6. The lowest BCUT2D eigenvalue weighted by Gasteiger charge is -2.21. The van der Waals surface area contributed by atoms with Crippen LogP contribution >= 0.6 is 0 Å². The van der Waals surface area contributed by atoms with Gasteiger partial charge >= 0.3 is 0 Å². The summed E-state index contributed by atoms with van der Waals surface area (Å²) in [6.07, 6.45) is 1.85. The predicted molar refractivity (Wildman–Crippen MR) is 134 cm³/mol. The van der Waals surface area contributed by atoms with Crippen molar-refractivity contribution in [3.63, 3.8) is 0 Å². The van der Waals surface area contributed by atoms with E-state index in [-0.39, 0.29) is 16.8 Å². The molecule has 2 aromatic carbocycles. The number of carbonyl (C=O) groups is 2. The van der Waals surface area contributed by atoms with Gasteiger partial charge in [-0.1, -0.05) is 84.3 Å². The first-order valence-corrected chi connectivity index (χ1v) is 11.8. The molecule has 7 heteroatoms. The maximum absolute atomic E-state index is 13.6. The highest BCUT2D eigenvalue weighted by Gasteiger charge is 2.30.